The quantitative estimate of drug-likeness (QED) is 0.626. The van der Waals surface area contributed by atoms with E-state index < -0.39 is 5.97 Å². The van der Waals surface area contributed by atoms with Gasteiger partial charge in [-0.05, 0) is 19.1 Å². The van der Waals surface area contributed by atoms with E-state index in [4.69, 9.17) is 14.2 Å². The molecular weight excluding hydrogens is 372 g/mol. The van der Waals surface area contributed by atoms with Crippen LogP contribution in [0, 0.1) is 0 Å². The van der Waals surface area contributed by atoms with Crippen LogP contribution in [0.4, 0.5) is 5.69 Å². The maximum Gasteiger partial charge on any atom is 0.344 e. The fraction of sp³-hybridized carbons (Fsp3) is 0.500. The second kappa shape index (κ2) is 11.5. The van der Waals surface area contributed by atoms with Gasteiger partial charge in [-0.3, -0.25) is 9.59 Å². The van der Waals surface area contributed by atoms with Gasteiger partial charge in [-0.15, -0.1) is 11.8 Å². The fourth-order valence-corrected chi connectivity index (χ4v) is 3.06. The lowest BCUT2D eigenvalue weighted by molar-refractivity contribution is -0.145. The zero-order chi connectivity index (χ0) is 19.5. The second-order valence-electron chi connectivity index (χ2n) is 5.66. The minimum atomic E-state index is -0.451. The molecule has 1 N–H and O–H groups in total. The average molecular weight is 396 g/mol. The van der Waals surface area contributed by atoms with Crippen LogP contribution >= 0.6 is 11.8 Å². The van der Waals surface area contributed by atoms with Crippen molar-refractivity contribution in [3.05, 3.63) is 24.3 Å². The van der Waals surface area contributed by atoms with Crippen molar-refractivity contribution >= 4 is 35.2 Å². The molecule has 2 rings (SSSR count). The van der Waals surface area contributed by atoms with Crippen LogP contribution in [0.3, 0.4) is 0 Å². The van der Waals surface area contributed by atoms with Gasteiger partial charge in [0.25, 0.3) is 0 Å². The third kappa shape index (κ3) is 7.88. The Bertz CT molecular complexity index is 648. The molecule has 1 fully saturated rings. The Kier molecular flexibility index (Phi) is 8.93. The molecule has 1 aromatic rings. The molecule has 1 saturated heterocycles. The summed E-state index contributed by atoms with van der Waals surface area (Å²) in [6, 6.07) is 6.75. The summed E-state index contributed by atoms with van der Waals surface area (Å²) in [4.78, 5) is 37.1. The van der Waals surface area contributed by atoms with Gasteiger partial charge in [0.2, 0.25) is 11.8 Å². The lowest BCUT2D eigenvalue weighted by atomic mass is 10.3. The van der Waals surface area contributed by atoms with Crippen molar-refractivity contribution in [1.29, 1.82) is 0 Å². The van der Waals surface area contributed by atoms with E-state index in [1.54, 1.807) is 36.1 Å². The first-order valence-electron chi connectivity index (χ1n) is 8.70. The van der Waals surface area contributed by atoms with Gasteiger partial charge >= 0.3 is 5.97 Å². The number of hydrogen-bond acceptors (Lipinski definition) is 7. The van der Waals surface area contributed by atoms with Crippen molar-refractivity contribution in [2.75, 3.05) is 56.3 Å². The lowest BCUT2D eigenvalue weighted by Crippen LogP contribution is -2.41. The highest BCUT2D eigenvalue weighted by Gasteiger charge is 2.17. The monoisotopic (exact) mass is 396 g/mol. The van der Waals surface area contributed by atoms with E-state index in [0.29, 0.717) is 44.3 Å². The number of carbonyl (C=O) groups is 3. The number of carbonyl (C=O) groups excluding carboxylic acids is 3. The van der Waals surface area contributed by atoms with Gasteiger partial charge in [0.1, 0.15) is 5.75 Å². The van der Waals surface area contributed by atoms with Crippen LogP contribution in [-0.2, 0) is 23.9 Å². The molecule has 148 valence electrons. The van der Waals surface area contributed by atoms with E-state index >= 15 is 0 Å². The maximum atomic E-state index is 12.0. The first-order chi connectivity index (χ1) is 13.1. The Labute approximate surface area is 162 Å². The minimum Gasteiger partial charge on any atom is -0.482 e. The normalized spacial score (nSPS) is 13.7. The molecule has 1 aromatic carbocycles. The van der Waals surface area contributed by atoms with Gasteiger partial charge in [0, 0.05) is 24.8 Å². The lowest BCUT2D eigenvalue weighted by Gasteiger charge is -2.26. The molecule has 1 aliphatic rings. The Morgan fingerprint density at radius 3 is 2.74 bits per heavy atom. The predicted molar refractivity (Wildman–Crippen MR) is 102 cm³/mol. The molecule has 0 aliphatic carbocycles. The summed E-state index contributed by atoms with van der Waals surface area (Å²) in [5, 5.41) is 2.75. The van der Waals surface area contributed by atoms with Gasteiger partial charge in [-0.1, -0.05) is 6.07 Å². The van der Waals surface area contributed by atoms with E-state index in [0.717, 1.165) is 0 Å². The van der Waals surface area contributed by atoms with Crippen LogP contribution in [0.15, 0.2) is 24.3 Å². The minimum absolute atomic E-state index is 0.0189. The van der Waals surface area contributed by atoms with Crippen molar-refractivity contribution in [1.82, 2.24) is 4.90 Å². The summed E-state index contributed by atoms with van der Waals surface area (Å²) >= 11 is 1.27. The van der Waals surface area contributed by atoms with E-state index in [1.165, 1.54) is 11.8 Å². The standard InChI is InChI=1S/C18H24N2O6S/c1-2-25-18(23)11-26-15-5-3-4-14(10-15)19-16(21)12-27-13-17(22)20-6-8-24-9-7-20/h3-5,10H,2,6-9,11-13H2,1H3,(H,19,21). The van der Waals surface area contributed by atoms with Crippen molar-refractivity contribution in [3.63, 3.8) is 0 Å². The highest BCUT2D eigenvalue weighted by molar-refractivity contribution is 8.00. The molecule has 27 heavy (non-hydrogen) atoms. The van der Waals surface area contributed by atoms with E-state index in [2.05, 4.69) is 5.32 Å². The topological polar surface area (TPSA) is 94.2 Å². The number of nitrogens with one attached hydrogen (secondary N) is 1. The SMILES string of the molecule is CCOC(=O)COc1cccc(NC(=O)CSCC(=O)N2CCOCC2)c1. The number of ether oxygens (including phenoxy) is 3. The maximum absolute atomic E-state index is 12.0. The number of esters is 1. The number of rotatable bonds is 9. The van der Waals surface area contributed by atoms with Gasteiger partial charge in [0.05, 0.1) is 31.3 Å². The number of morpholine rings is 1. The fourth-order valence-electron chi connectivity index (χ4n) is 2.34. The molecule has 0 bridgehead atoms. The Balaban J connectivity index is 1.71. The molecule has 8 nitrogen and oxygen atoms in total. The Hall–Kier alpha value is -2.26. The number of amides is 2. The van der Waals surface area contributed by atoms with E-state index in [-0.39, 0.29) is 29.9 Å². The zero-order valence-corrected chi connectivity index (χ0v) is 16.1. The number of hydrogen-bond donors (Lipinski definition) is 1. The molecule has 9 heteroatoms. The van der Waals surface area contributed by atoms with Crippen molar-refractivity contribution in [3.8, 4) is 5.75 Å². The van der Waals surface area contributed by atoms with Gasteiger partial charge < -0.3 is 24.4 Å². The van der Waals surface area contributed by atoms with Gasteiger partial charge in [-0.25, -0.2) is 4.79 Å². The highest BCUT2D eigenvalue weighted by Crippen LogP contribution is 2.18. The number of thioether (sulfide) groups is 1. The molecule has 2 amide bonds. The van der Waals surface area contributed by atoms with Crippen LogP contribution in [0.25, 0.3) is 0 Å². The molecular formula is C18H24N2O6S. The third-order valence-corrected chi connectivity index (χ3v) is 4.52. The second-order valence-corrected chi connectivity index (χ2v) is 6.64. The molecule has 0 radical (unpaired) electrons. The zero-order valence-electron chi connectivity index (χ0n) is 15.3. The molecule has 0 atom stereocenters. The Morgan fingerprint density at radius 1 is 1.22 bits per heavy atom. The van der Waals surface area contributed by atoms with Crippen LogP contribution in [0.1, 0.15) is 6.92 Å². The summed E-state index contributed by atoms with van der Waals surface area (Å²) in [5.41, 5.74) is 0.557. The van der Waals surface area contributed by atoms with Crippen LogP contribution < -0.4 is 10.1 Å². The number of nitrogens with zero attached hydrogens (tertiary/aromatic N) is 1. The Morgan fingerprint density at radius 2 is 2.00 bits per heavy atom. The summed E-state index contributed by atoms with van der Waals surface area (Å²) in [7, 11) is 0. The first kappa shape index (κ1) is 21.0. The first-order valence-corrected chi connectivity index (χ1v) is 9.85. The third-order valence-electron chi connectivity index (χ3n) is 3.60. The molecule has 0 spiro atoms. The highest BCUT2D eigenvalue weighted by atomic mass is 32.2. The molecule has 1 heterocycles. The van der Waals surface area contributed by atoms with E-state index in [1.807, 2.05) is 0 Å². The van der Waals surface area contributed by atoms with Crippen molar-refractivity contribution < 1.29 is 28.6 Å². The molecule has 0 unspecified atom stereocenters. The molecule has 1 aliphatic heterocycles. The predicted octanol–water partition coefficient (Wildman–Crippen LogP) is 1.16. The largest absolute Gasteiger partial charge is 0.482 e. The summed E-state index contributed by atoms with van der Waals surface area (Å²) < 4.78 is 15.3. The van der Waals surface area contributed by atoms with Crippen LogP contribution in [0.5, 0.6) is 5.75 Å². The van der Waals surface area contributed by atoms with Crippen LogP contribution in [0.2, 0.25) is 0 Å². The summed E-state index contributed by atoms with van der Waals surface area (Å²) in [6.45, 7) is 4.15. The molecule has 0 saturated carbocycles. The number of benzene rings is 1. The number of anilines is 1. The molecule has 0 aromatic heterocycles. The van der Waals surface area contributed by atoms with Gasteiger partial charge in [0.15, 0.2) is 6.61 Å². The summed E-state index contributed by atoms with van der Waals surface area (Å²) in [5.74, 6) is 0.243. The average Bonchev–Trinajstić information content (AvgIpc) is 2.67. The summed E-state index contributed by atoms with van der Waals surface area (Å²) in [6.07, 6.45) is 0. The van der Waals surface area contributed by atoms with E-state index in [9.17, 15) is 14.4 Å². The van der Waals surface area contributed by atoms with Gasteiger partial charge in [-0.2, -0.15) is 0 Å². The van der Waals surface area contributed by atoms with Crippen molar-refractivity contribution in [2.24, 2.45) is 0 Å². The van der Waals surface area contributed by atoms with Crippen molar-refractivity contribution in [2.45, 2.75) is 6.92 Å². The van der Waals surface area contributed by atoms with Crippen LogP contribution in [-0.4, -0.2) is 73.7 Å². The smallest absolute Gasteiger partial charge is 0.344 e.